The summed E-state index contributed by atoms with van der Waals surface area (Å²) in [5.41, 5.74) is -2.47. The number of nitrogens with one attached hydrogen (secondary N) is 3. The first kappa shape index (κ1) is 34.3. The summed E-state index contributed by atoms with van der Waals surface area (Å²) in [7, 11) is 3.28. The SMILES string of the molecule is C=C/C(=C(\N=C(/C)Nc1cc(F)c(C(=O)NC2CCN(C)CC2)cc1OC)Oc1cccc2c1C(=O)NC(C)(C)CO2)C(F)(F)F. The number of hydrogen-bond acceptors (Lipinski definition) is 7. The van der Waals surface area contributed by atoms with Crippen LogP contribution in [-0.2, 0) is 0 Å². The summed E-state index contributed by atoms with van der Waals surface area (Å²) in [6.45, 7) is 9.75. The Morgan fingerprint density at radius 1 is 1.22 bits per heavy atom. The molecule has 1 saturated heterocycles. The Bertz CT molecular complexity index is 1560. The van der Waals surface area contributed by atoms with Crippen molar-refractivity contribution in [1.29, 1.82) is 0 Å². The fourth-order valence-electron chi connectivity index (χ4n) is 4.96. The molecule has 2 aliphatic rings. The number of amides is 2. The molecule has 0 atom stereocenters. The zero-order chi connectivity index (χ0) is 33.8. The summed E-state index contributed by atoms with van der Waals surface area (Å²) in [6.07, 6.45) is -2.97. The van der Waals surface area contributed by atoms with Gasteiger partial charge in [-0.05, 0) is 71.9 Å². The Morgan fingerprint density at radius 3 is 2.54 bits per heavy atom. The van der Waals surface area contributed by atoms with Crippen molar-refractivity contribution in [1.82, 2.24) is 15.5 Å². The Balaban J connectivity index is 1.65. The van der Waals surface area contributed by atoms with E-state index in [2.05, 4.69) is 32.4 Å². The third-order valence-corrected chi connectivity index (χ3v) is 7.37. The number of fused-ring (bicyclic) bond motifs is 1. The molecule has 3 N–H and O–H groups in total. The molecule has 10 nitrogen and oxygen atoms in total. The lowest BCUT2D eigenvalue weighted by Crippen LogP contribution is -2.45. The van der Waals surface area contributed by atoms with Crippen LogP contribution in [0.4, 0.5) is 23.2 Å². The predicted octanol–water partition coefficient (Wildman–Crippen LogP) is 5.43. The number of likely N-dealkylation sites (tertiary alicyclic amines) is 1. The van der Waals surface area contributed by atoms with Crippen molar-refractivity contribution in [2.24, 2.45) is 4.99 Å². The third kappa shape index (κ3) is 8.16. The van der Waals surface area contributed by atoms with Crippen LogP contribution < -0.4 is 30.2 Å². The van der Waals surface area contributed by atoms with Gasteiger partial charge in [0.15, 0.2) is 0 Å². The maximum absolute atomic E-state index is 15.2. The fourth-order valence-corrected chi connectivity index (χ4v) is 4.96. The highest BCUT2D eigenvalue weighted by Crippen LogP contribution is 2.36. The van der Waals surface area contributed by atoms with Crippen molar-refractivity contribution in [3.8, 4) is 17.2 Å². The summed E-state index contributed by atoms with van der Waals surface area (Å²) in [6, 6.07) is 6.35. The van der Waals surface area contributed by atoms with Gasteiger partial charge in [-0.2, -0.15) is 18.2 Å². The van der Waals surface area contributed by atoms with Gasteiger partial charge in [-0.3, -0.25) is 9.59 Å². The van der Waals surface area contributed by atoms with E-state index < -0.39 is 40.8 Å². The van der Waals surface area contributed by atoms with Gasteiger partial charge in [-0.1, -0.05) is 18.7 Å². The topological polar surface area (TPSA) is 114 Å². The number of halogens is 4. The number of carbonyl (C=O) groups excluding carboxylic acids is 2. The molecule has 4 rings (SSSR count). The molecular weight excluding hydrogens is 610 g/mol. The van der Waals surface area contributed by atoms with Crippen molar-refractivity contribution >= 4 is 23.3 Å². The molecule has 248 valence electrons. The zero-order valence-corrected chi connectivity index (χ0v) is 26.2. The molecule has 0 aliphatic carbocycles. The highest BCUT2D eigenvalue weighted by Gasteiger charge is 2.37. The molecule has 1 fully saturated rings. The first-order chi connectivity index (χ1) is 21.6. The largest absolute Gasteiger partial charge is 0.495 e. The van der Waals surface area contributed by atoms with E-state index in [4.69, 9.17) is 14.2 Å². The first-order valence-electron chi connectivity index (χ1n) is 14.5. The van der Waals surface area contributed by atoms with E-state index in [-0.39, 0.29) is 52.5 Å². The van der Waals surface area contributed by atoms with E-state index >= 15 is 4.39 Å². The predicted molar refractivity (Wildman–Crippen MR) is 165 cm³/mol. The maximum Gasteiger partial charge on any atom is 0.421 e. The van der Waals surface area contributed by atoms with Gasteiger partial charge in [0.2, 0.25) is 5.88 Å². The maximum atomic E-state index is 15.2. The van der Waals surface area contributed by atoms with Crippen LogP contribution in [0.5, 0.6) is 17.2 Å². The van der Waals surface area contributed by atoms with Crippen molar-refractivity contribution in [2.75, 3.05) is 39.2 Å². The Hall–Kier alpha value is -4.59. The van der Waals surface area contributed by atoms with E-state index in [1.165, 1.54) is 38.3 Å². The number of benzene rings is 2. The number of rotatable bonds is 8. The second-order valence-electron chi connectivity index (χ2n) is 11.7. The van der Waals surface area contributed by atoms with Gasteiger partial charge in [-0.25, -0.2) is 4.39 Å². The second kappa shape index (κ2) is 13.8. The zero-order valence-electron chi connectivity index (χ0n) is 26.2. The minimum atomic E-state index is -4.94. The minimum absolute atomic E-state index is 0.00723. The molecule has 0 bridgehead atoms. The van der Waals surface area contributed by atoms with Gasteiger partial charge in [0.1, 0.15) is 46.6 Å². The van der Waals surface area contributed by atoms with Crippen LogP contribution >= 0.6 is 0 Å². The fraction of sp³-hybridized carbons (Fsp3) is 0.406. The number of nitrogens with zero attached hydrogens (tertiary/aromatic N) is 2. The van der Waals surface area contributed by atoms with Gasteiger partial charge < -0.3 is 35.1 Å². The summed E-state index contributed by atoms with van der Waals surface area (Å²) >= 11 is 0. The lowest BCUT2D eigenvalue weighted by atomic mass is 10.0. The van der Waals surface area contributed by atoms with Crippen LogP contribution in [0.25, 0.3) is 0 Å². The van der Waals surface area contributed by atoms with Crippen molar-refractivity contribution in [3.63, 3.8) is 0 Å². The number of methoxy groups -OCH3 is 1. The number of piperidine rings is 1. The summed E-state index contributed by atoms with van der Waals surface area (Å²) in [5.74, 6) is -3.29. The van der Waals surface area contributed by atoms with Crippen LogP contribution in [0.1, 0.15) is 54.3 Å². The molecule has 2 heterocycles. The molecule has 0 unspecified atom stereocenters. The molecule has 2 amide bonds. The average molecular weight is 648 g/mol. The average Bonchev–Trinajstić information content (AvgIpc) is 3.08. The van der Waals surface area contributed by atoms with Crippen LogP contribution in [0.3, 0.4) is 0 Å². The number of alkyl halides is 3. The lowest BCUT2D eigenvalue weighted by molar-refractivity contribution is -0.0905. The van der Waals surface area contributed by atoms with Crippen molar-refractivity contribution in [3.05, 3.63) is 71.4 Å². The molecule has 0 aromatic heterocycles. The molecule has 2 aliphatic heterocycles. The van der Waals surface area contributed by atoms with E-state index in [0.717, 1.165) is 32.0 Å². The van der Waals surface area contributed by atoms with Crippen molar-refractivity contribution < 1.29 is 41.4 Å². The third-order valence-electron chi connectivity index (χ3n) is 7.37. The first-order valence-corrected chi connectivity index (χ1v) is 14.5. The van der Waals surface area contributed by atoms with Gasteiger partial charge in [-0.15, -0.1) is 0 Å². The van der Waals surface area contributed by atoms with Gasteiger partial charge in [0.05, 0.1) is 23.9 Å². The number of amidine groups is 1. The van der Waals surface area contributed by atoms with E-state index in [1.54, 1.807) is 13.8 Å². The summed E-state index contributed by atoms with van der Waals surface area (Å²) < 4.78 is 74.3. The number of hydrogen-bond donors (Lipinski definition) is 3. The molecule has 0 spiro atoms. The van der Waals surface area contributed by atoms with Gasteiger partial charge in [0.25, 0.3) is 11.8 Å². The molecule has 2 aromatic rings. The van der Waals surface area contributed by atoms with Crippen LogP contribution in [-0.4, -0.2) is 74.2 Å². The Morgan fingerprint density at radius 2 is 1.91 bits per heavy atom. The highest BCUT2D eigenvalue weighted by atomic mass is 19.4. The van der Waals surface area contributed by atoms with Crippen molar-refractivity contribution in [2.45, 2.75) is 51.4 Å². The summed E-state index contributed by atoms with van der Waals surface area (Å²) in [4.78, 5) is 32.1. The standard InChI is InChI=1S/C32H37F4N5O5/c1-7-21(32(34,35)36)30(46-25-10-8-9-24-27(25)29(43)40-31(3,4)17-45-24)38-18(2)37-23-16-22(33)20(15-26(23)44-6)28(42)39-19-11-13-41(5)14-12-19/h7-10,15-16,19H,1,11-14,17H2,2-6H3,(H,37,38)(H,39,42)(H,40,43)/b30-21-. The van der Waals surface area contributed by atoms with E-state index in [1.807, 2.05) is 7.05 Å². The number of carbonyl (C=O) groups is 2. The van der Waals surface area contributed by atoms with Crippen LogP contribution in [0.15, 0.2) is 59.4 Å². The van der Waals surface area contributed by atoms with E-state index in [0.29, 0.717) is 6.08 Å². The number of aliphatic imine (C=N–C) groups is 1. The second-order valence-corrected chi connectivity index (χ2v) is 11.7. The number of allylic oxidation sites excluding steroid dienone is 2. The molecule has 0 radical (unpaired) electrons. The smallest absolute Gasteiger partial charge is 0.421 e. The quantitative estimate of drug-likeness (QED) is 0.115. The van der Waals surface area contributed by atoms with Gasteiger partial charge >= 0.3 is 6.18 Å². The molecule has 14 heteroatoms. The minimum Gasteiger partial charge on any atom is -0.495 e. The molecule has 2 aromatic carbocycles. The van der Waals surface area contributed by atoms with Crippen LogP contribution in [0, 0.1) is 5.82 Å². The normalized spacial score (nSPS) is 17.8. The Labute approximate surface area is 264 Å². The van der Waals surface area contributed by atoms with E-state index in [9.17, 15) is 22.8 Å². The molecular formula is C32H37F4N5O5. The number of ether oxygens (including phenoxy) is 3. The highest BCUT2D eigenvalue weighted by molar-refractivity contribution is 6.01. The Kier molecular flexibility index (Phi) is 10.3. The van der Waals surface area contributed by atoms with Gasteiger partial charge in [0, 0.05) is 12.1 Å². The molecule has 46 heavy (non-hydrogen) atoms. The lowest BCUT2D eigenvalue weighted by Gasteiger charge is -2.29. The molecule has 0 saturated carbocycles. The monoisotopic (exact) mass is 647 g/mol. The summed E-state index contributed by atoms with van der Waals surface area (Å²) in [5, 5.41) is 8.32. The number of anilines is 1. The van der Waals surface area contributed by atoms with Crippen LogP contribution in [0.2, 0.25) is 0 Å².